The Balaban J connectivity index is 1.49. The second-order valence-electron chi connectivity index (χ2n) is 7.54. The third kappa shape index (κ3) is 1.95. The number of ether oxygens (including phenoxy) is 1. The molecular formula is C15H24N2O2. The lowest BCUT2D eigenvalue weighted by Gasteiger charge is -2.57. The van der Waals surface area contributed by atoms with Gasteiger partial charge in [0.25, 0.3) is 0 Å². The van der Waals surface area contributed by atoms with Crippen molar-refractivity contribution in [2.24, 2.45) is 28.9 Å². The summed E-state index contributed by atoms with van der Waals surface area (Å²) in [6, 6.07) is 0. The molecule has 0 radical (unpaired) electrons. The molecule has 4 nitrogen and oxygen atoms in total. The van der Waals surface area contributed by atoms with E-state index in [0.717, 1.165) is 24.3 Å². The van der Waals surface area contributed by atoms with Crippen LogP contribution in [0, 0.1) is 23.2 Å². The van der Waals surface area contributed by atoms with Crippen LogP contribution < -0.4 is 5.73 Å². The first-order chi connectivity index (χ1) is 9.16. The molecule has 1 saturated heterocycles. The Hall–Kier alpha value is -0.770. The van der Waals surface area contributed by atoms with Crippen LogP contribution in [0.4, 0.5) is 4.79 Å². The number of carbonyl (C=O) groups is 1. The third-order valence-corrected chi connectivity index (χ3v) is 5.90. The van der Waals surface area contributed by atoms with Crippen molar-refractivity contribution in [3.05, 3.63) is 0 Å². The van der Waals surface area contributed by atoms with Crippen molar-refractivity contribution < 1.29 is 9.53 Å². The van der Waals surface area contributed by atoms with E-state index >= 15 is 0 Å². The highest BCUT2D eigenvalue weighted by atomic mass is 16.6. The number of rotatable bonds is 3. The van der Waals surface area contributed by atoms with Gasteiger partial charge < -0.3 is 15.4 Å². The van der Waals surface area contributed by atoms with E-state index in [2.05, 4.69) is 0 Å². The summed E-state index contributed by atoms with van der Waals surface area (Å²) in [4.78, 5) is 13.9. The fourth-order valence-corrected chi connectivity index (χ4v) is 5.72. The molecule has 4 saturated carbocycles. The minimum atomic E-state index is -0.133. The van der Waals surface area contributed by atoms with E-state index in [-0.39, 0.29) is 12.2 Å². The van der Waals surface area contributed by atoms with Crippen LogP contribution >= 0.6 is 0 Å². The first kappa shape index (κ1) is 12.0. The monoisotopic (exact) mass is 264 g/mol. The number of hydrogen-bond acceptors (Lipinski definition) is 3. The lowest BCUT2D eigenvalue weighted by molar-refractivity contribution is -0.0627. The van der Waals surface area contributed by atoms with Gasteiger partial charge in [-0.1, -0.05) is 0 Å². The molecule has 4 heteroatoms. The lowest BCUT2D eigenvalue weighted by atomic mass is 9.49. The van der Waals surface area contributed by atoms with E-state index in [4.69, 9.17) is 10.5 Å². The molecule has 0 aromatic rings. The molecule has 1 amide bonds. The van der Waals surface area contributed by atoms with Gasteiger partial charge in [-0.25, -0.2) is 4.79 Å². The largest absolute Gasteiger partial charge is 0.443 e. The summed E-state index contributed by atoms with van der Waals surface area (Å²) >= 11 is 0. The molecule has 4 bridgehead atoms. The second kappa shape index (κ2) is 4.11. The van der Waals surface area contributed by atoms with Gasteiger partial charge in [-0.15, -0.1) is 0 Å². The van der Waals surface area contributed by atoms with Crippen LogP contribution in [0.2, 0.25) is 0 Å². The Bertz CT molecular complexity index is 360. The maximum absolute atomic E-state index is 11.9. The van der Waals surface area contributed by atoms with Crippen LogP contribution in [-0.2, 0) is 4.74 Å². The van der Waals surface area contributed by atoms with Gasteiger partial charge in [-0.05, 0) is 61.7 Å². The van der Waals surface area contributed by atoms with E-state index in [1.807, 2.05) is 4.90 Å². The van der Waals surface area contributed by atoms with E-state index in [1.165, 1.54) is 38.5 Å². The molecule has 1 atom stereocenters. The fraction of sp³-hybridized carbons (Fsp3) is 0.933. The van der Waals surface area contributed by atoms with Crippen LogP contribution in [0.1, 0.15) is 38.5 Å². The van der Waals surface area contributed by atoms with E-state index in [1.54, 1.807) is 0 Å². The molecular weight excluding hydrogens is 240 g/mol. The summed E-state index contributed by atoms with van der Waals surface area (Å²) in [5.41, 5.74) is 6.03. The molecule has 1 aliphatic heterocycles. The molecule has 5 fully saturated rings. The average molecular weight is 264 g/mol. The first-order valence-electron chi connectivity index (χ1n) is 7.81. The molecule has 1 heterocycles. The Morgan fingerprint density at radius 2 is 1.74 bits per heavy atom. The molecule has 0 spiro atoms. The normalized spacial score (nSPS) is 47.8. The zero-order valence-corrected chi connectivity index (χ0v) is 11.5. The Morgan fingerprint density at radius 3 is 2.21 bits per heavy atom. The van der Waals surface area contributed by atoms with Crippen molar-refractivity contribution in [3.63, 3.8) is 0 Å². The number of nitrogens with two attached hydrogens (primary N) is 1. The lowest BCUT2D eigenvalue weighted by Crippen LogP contribution is -2.51. The molecule has 1 unspecified atom stereocenters. The first-order valence-corrected chi connectivity index (χ1v) is 7.81. The molecule has 0 aromatic heterocycles. The minimum absolute atomic E-state index is 0.0820. The Morgan fingerprint density at radius 1 is 1.16 bits per heavy atom. The summed E-state index contributed by atoms with van der Waals surface area (Å²) in [5.74, 6) is 2.82. The molecule has 4 aliphatic carbocycles. The molecule has 106 valence electrons. The number of carbonyl (C=O) groups excluding carboxylic acids is 1. The standard InChI is InChI=1S/C15H24N2O2/c16-7-13-8-17(14(18)19-13)9-15-4-10-1-11(5-15)3-12(2-10)6-15/h10-13H,1-9,16H2. The summed E-state index contributed by atoms with van der Waals surface area (Å²) in [6.07, 6.45) is 8.18. The van der Waals surface area contributed by atoms with Crippen LogP contribution in [0.3, 0.4) is 0 Å². The summed E-state index contributed by atoms with van der Waals surface area (Å²) in [7, 11) is 0. The van der Waals surface area contributed by atoms with Gasteiger partial charge in [0, 0.05) is 13.1 Å². The summed E-state index contributed by atoms with van der Waals surface area (Å²) in [5, 5.41) is 0. The predicted octanol–water partition coefficient (Wildman–Crippen LogP) is 1.98. The van der Waals surface area contributed by atoms with Crippen LogP contribution in [0.15, 0.2) is 0 Å². The van der Waals surface area contributed by atoms with Crippen molar-refractivity contribution in [3.8, 4) is 0 Å². The van der Waals surface area contributed by atoms with Gasteiger partial charge in [-0.3, -0.25) is 0 Å². The highest BCUT2D eigenvalue weighted by molar-refractivity contribution is 5.70. The smallest absolute Gasteiger partial charge is 0.410 e. The van der Waals surface area contributed by atoms with Crippen molar-refractivity contribution in [1.82, 2.24) is 4.90 Å². The van der Waals surface area contributed by atoms with Gasteiger partial charge in [-0.2, -0.15) is 0 Å². The Kier molecular flexibility index (Phi) is 2.60. The maximum atomic E-state index is 11.9. The van der Waals surface area contributed by atoms with Crippen molar-refractivity contribution in [1.29, 1.82) is 0 Å². The molecule has 19 heavy (non-hydrogen) atoms. The molecule has 5 rings (SSSR count). The predicted molar refractivity (Wildman–Crippen MR) is 71.5 cm³/mol. The zero-order chi connectivity index (χ0) is 13.0. The van der Waals surface area contributed by atoms with Crippen LogP contribution in [0.25, 0.3) is 0 Å². The number of hydrogen-bond donors (Lipinski definition) is 1. The second-order valence-corrected chi connectivity index (χ2v) is 7.54. The zero-order valence-electron chi connectivity index (χ0n) is 11.5. The van der Waals surface area contributed by atoms with Gasteiger partial charge >= 0.3 is 6.09 Å². The van der Waals surface area contributed by atoms with Crippen LogP contribution in [-0.4, -0.2) is 36.7 Å². The topological polar surface area (TPSA) is 55.6 Å². The summed E-state index contributed by atoms with van der Waals surface area (Å²) < 4.78 is 5.30. The molecule has 2 N–H and O–H groups in total. The van der Waals surface area contributed by atoms with E-state index in [0.29, 0.717) is 18.5 Å². The van der Waals surface area contributed by atoms with E-state index in [9.17, 15) is 4.79 Å². The minimum Gasteiger partial charge on any atom is -0.443 e. The van der Waals surface area contributed by atoms with Crippen LogP contribution in [0.5, 0.6) is 0 Å². The maximum Gasteiger partial charge on any atom is 0.410 e. The highest BCUT2D eigenvalue weighted by Gasteiger charge is 2.52. The molecule has 0 aromatic carbocycles. The van der Waals surface area contributed by atoms with Gasteiger partial charge in [0.15, 0.2) is 0 Å². The van der Waals surface area contributed by atoms with Crippen molar-refractivity contribution in [2.45, 2.75) is 44.6 Å². The van der Waals surface area contributed by atoms with Crippen molar-refractivity contribution in [2.75, 3.05) is 19.6 Å². The number of nitrogens with zero attached hydrogens (tertiary/aromatic N) is 1. The van der Waals surface area contributed by atoms with E-state index < -0.39 is 0 Å². The van der Waals surface area contributed by atoms with Gasteiger partial charge in [0.2, 0.25) is 0 Å². The average Bonchev–Trinajstić information content (AvgIpc) is 2.67. The van der Waals surface area contributed by atoms with Crippen molar-refractivity contribution >= 4 is 6.09 Å². The SMILES string of the molecule is NCC1CN(CC23CC4CC(CC(C4)C2)C3)C(=O)O1. The van der Waals surface area contributed by atoms with Gasteiger partial charge in [0.1, 0.15) is 6.10 Å². The quantitative estimate of drug-likeness (QED) is 0.848. The Labute approximate surface area is 114 Å². The van der Waals surface area contributed by atoms with Gasteiger partial charge in [0.05, 0.1) is 6.54 Å². The third-order valence-electron chi connectivity index (χ3n) is 5.90. The fourth-order valence-electron chi connectivity index (χ4n) is 5.72. The highest BCUT2D eigenvalue weighted by Crippen LogP contribution is 2.60. The number of cyclic esters (lactones) is 1. The number of amides is 1. The molecule has 5 aliphatic rings. The summed E-state index contributed by atoms with van der Waals surface area (Å²) in [6.45, 7) is 2.08.